The molecule has 1 aromatic carbocycles. The van der Waals surface area contributed by atoms with Crippen molar-refractivity contribution >= 4 is 5.91 Å². The van der Waals surface area contributed by atoms with Gasteiger partial charge in [-0.05, 0) is 18.4 Å². The van der Waals surface area contributed by atoms with Gasteiger partial charge in [0.1, 0.15) is 6.54 Å². The van der Waals surface area contributed by atoms with Gasteiger partial charge in [-0.2, -0.15) is 0 Å². The maximum absolute atomic E-state index is 12.5. The summed E-state index contributed by atoms with van der Waals surface area (Å²) >= 11 is 0. The van der Waals surface area contributed by atoms with Crippen LogP contribution < -0.4 is 5.56 Å². The summed E-state index contributed by atoms with van der Waals surface area (Å²) in [7, 11) is 0. The summed E-state index contributed by atoms with van der Waals surface area (Å²) < 4.78 is 1.39. The van der Waals surface area contributed by atoms with Gasteiger partial charge in [-0.25, -0.2) is 4.98 Å². The van der Waals surface area contributed by atoms with Gasteiger partial charge in [0.25, 0.3) is 5.56 Å². The van der Waals surface area contributed by atoms with E-state index in [1.165, 1.54) is 22.5 Å². The van der Waals surface area contributed by atoms with Crippen LogP contribution in [0, 0.1) is 0 Å². The number of carbonyl (C=O) groups is 1. The van der Waals surface area contributed by atoms with Crippen LogP contribution in [0.25, 0.3) is 0 Å². The van der Waals surface area contributed by atoms with Crippen molar-refractivity contribution in [1.82, 2.24) is 19.4 Å². The first-order valence-electron chi connectivity index (χ1n) is 9.25. The number of aryl methyl sites for hydroxylation is 1. The maximum atomic E-state index is 12.5. The summed E-state index contributed by atoms with van der Waals surface area (Å²) in [6.07, 6.45) is 3.23. The number of rotatable bonds is 6. The molecule has 0 atom stereocenters. The topological polar surface area (TPSA) is 58.4 Å². The van der Waals surface area contributed by atoms with Crippen LogP contribution in [0.2, 0.25) is 0 Å². The summed E-state index contributed by atoms with van der Waals surface area (Å²) in [4.78, 5) is 33.0. The third-order valence-electron chi connectivity index (χ3n) is 4.89. The van der Waals surface area contributed by atoms with Crippen LogP contribution in [0.15, 0.2) is 47.5 Å². The van der Waals surface area contributed by atoms with Crippen molar-refractivity contribution in [3.63, 3.8) is 0 Å². The molecule has 0 aliphatic carbocycles. The average molecular weight is 354 g/mol. The maximum Gasteiger partial charge on any atom is 0.253 e. The molecule has 0 unspecified atom stereocenters. The van der Waals surface area contributed by atoms with Gasteiger partial charge in [0.05, 0.1) is 6.33 Å². The Balaban J connectivity index is 1.47. The normalized spacial score (nSPS) is 15.2. The minimum absolute atomic E-state index is 0.0131. The Kier molecular flexibility index (Phi) is 6.17. The van der Waals surface area contributed by atoms with Crippen molar-refractivity contribution in [2.24, 2.45) is 0 Å². The van der Waals surface area contributed by atoms with E-state index >= 15 is 0 Å². The van der Waals surface area contributed by atoms with Crippen LogP contribution in [0.1, 0.15) is 18.2 Å². The van der Waals surface area contributed by atoms with Gasteiger partial charge in [0.15, 0.2) is 0 Å². The second-order valence-electron chi connectivity index (χ2n) is 6.66. The first kappa shape index (κ1) is 18.3. The molecule has 1 saturated heterocycles. The number of carbonyl (C=O) groups excluding carboxylic acids is 1. The van der Waals surface area contributed by atoms with E-state index in [0.717, 1.165) is 38.2 Å². The molecule has 6 nitrogen and oxygen atoms in total. The largest absolute Gasteiger partial charge is 0.339 e. The molecule has 0 radical (unpaired) electrons. The third kappa shape index (κ3) is 4.79. The van der Waals surface area contributed by atoms with Crippen LogP contribution in [0.5, 0.6) is 0 Å². The average Bonchev–Trinajstić information content (AvgIpc) is 2.69. The molecule has 1 aromatic heterocycles. The molecular weight excluding hydrogens is 328 g/mol. The SMILES string of the molecule is CCc1cc(=O)n(CC(=O)N2CCN(CCc3ccccc3)CC2)cn1. The molecule has 6 heteroatoms. The molecule has 3 rings (SSSR count). The van der Waals surface area contributed by atoms with Gasteiger partial charge >= 0.3 is 0 Å². The smallest absolute Gasteiger partial charge is 0.253 e. The monoisotopic (exact) mass is 354 g/mol. The van der Waals surface area contributed by atoms with Gasteiger partial charge < -0.3 is 4.90 Å². The predicted molar refractivity (Wildman–Crippen MR) is 101 cm³/mol. The lowest BCUT2D eigenvalue weighted by atomic mass is 10.1. The molecule has 0 saturated carbocycles. The highest BCUT2D eigenvalue weighted by molar-refractivity contribution is 5.76. The summed E-state index contributed by atoms with van der Waals surface area (Å²) in [5, 5.41) is 0. The second-order valence-corrected chi connectivity index (χ2v) is 6.66. The summed E-state index contributed by atoms with van der Waals surface area (Å²) in [5.74, 6) is -0.0131. The molecular formula is C20H26N4O2. The lowest BCUT2D eigenvalue weighted by molar-refractivity contribution is -0.133. The van der Waals surface area contributed by atoms with E-state index in [1.54, 1.807) is 0 Å². The zero-order valence-corrected chi connectivity index (χ0v) is 15.3. The zero-order chi connectivity index (χ0) is 18.4. The van der Waals surface area contributed by atoms with Crippen molar-refractivity contribution in [3.8, 4) is 0 Å². The number of aromatic nitrogens is 2. The van der Waals surface area contributed by atoms with Crippen LogP contribution in [0.3, 0.4) is 0 Å². The molecule has 1 amide bonds. The fraction of sp³-hybridized carbons (Fsp3) is 0.450. The van der Waals surface area contributed by atoms with Crippen molar-refractivity contribution in [2.75, 3.05) is 32.7 Å². The van der Waals surface area contributed by atoms with Gasteiger partial charge in [0, 0.05) is 44.5 Å². The van der Waals surface area contributed by atoms with E-state index in [0.29, 0.717) is 13.1 Å². The molecule has 26 heavy (non-hydrogen) atoms. The Morgan fingerprint density at radius 2 is 1.85 bits per heavy atom. The summed E-state index contributed by atoms with van der Waals surface area (Å²) in [6.45, 7) is 6.20. The molecule has 1 aliphatic rings. The van der Waals surface area contributed by atoms with Gasteiger partial charge in [0.2, 0.25) is 5.91 Å². The highest BCUT2D eigenvalue weighted by Gasteiger charge is 2.21. The quantitative estimate of drug-likeness (QED) is 0.782. The van der Waals surface area contributed by atoms with E-state index in [4.69, 9.17) is 0 Å². The Hall–Kier alpha value is -2.47. The molecule has 138 valence electrons. The number of hydrogen-bond acceptors (Lipinski definition) is 4. The number of nitrogens with zero attached hydrogens (tertiary/aromatic N) is 4. The van der Waals surface area contributed by atoms with Crippen molar-refractivity contribution in [3.05, 3.63) is 64.3 Å². The number of piperazine rings is 1. The van der Waals surface area contributed by atoms with Crippen LogP contribution in [-0.4, -0.2) is 58.0 Å². The molecule has 0 spiro atoms. The first-order chi connectivity index (χ1) is 12.7. The molecule has 1 fully saturated rings. The highest BCUT2D eigenvalue weighted by Crippen LogP contribution is 2.06. The minimum atomic E-state index is -0.160. The molecule has 0 bridgehead atoms. The Labute approximate surface area is 154 Å². The molecule has 0 N–H and O–H groups in total. The van der Waals surface area contributed by atoms with Gasteiger partial charge in [-0.15, -0.1) is 0 Å². The Bertz CT molecular complexity index is 780. The van der Waals surface area contributed by atoms with Crippen LogP contribution >= 0.6 is 0 Å². The van der Waals surface area contributed by atoms with Crippen LogP contribution in [0.4, 0.5) is 0 Å². The second kappa shape index (κ2) is 8.76. The zero-order valence-electron chi connectivity index (χ0n) is 15.3. The van der Waals surface area contributed by atoms with Crippen molar-refractivity contribution in [1.29, 1.82) is 0 Å². The van der Waals surface area contributed by atoms with E-state index in [-0.39, 0.29) is 18.0 Å². The number of amides is 1. The fourth-order valence-corrected chi connectivity index (χ4v) is 3.17. The number of hydrogen-bond donors (Lipinski definition) is 0. The van der Waals surface area contributed by atoms with Crippen molar-refractivity contribution in [2.45, 2.75) is 26.3 Å². The van der Waals surface area contributed by atoms with Gasteiger partial charge in [-0.1, -0.05) is 37.3 Å². The van der Waals surface area contributed by atoms with E-state index in [1.807, 2.05) is 17.9 Å². The van der Waals surface area contributed by atoms with E-state index < -0.39 is 0 Å². The minimum Gasteiger partial charge on any atom is -0.339 e. The number of benzene rings is 1. The van der Waals surface area contributed by atoms with E-state index in [9.17, 15) is 9.59 Å². The highest BCUT2D eigenvalue weighted by atomic mass is 16.2. The Morgan fingerprint density at radius 3 is 2.50 bits per heavy atom. The van der Waals surface area contributed by atoms with Gasteiger partial charge in [-0.3, -0.25) is 19.1 Å². The van der Waals surface area contributed by atoms with E-state index in [2.05, 4.69) is 34.1 Å². The standard InChI is InChI=1S/C20H26N4O2/c1-2-18-14-19(25)24(16-21-18)15-20(26)23-12-10-22(11-13-23)9-8-17-6-4-3-5-7-17/h3-7,14,16H,2,8-13,15H2,1H3. The molecule has 2 heterocycles. The first-order valence-corrected chi connectivity index (χ1v) is 9.25. The summed E-state index contributed by atoms with van der Waals surface area (Å²) in [5.41, 5.74) is 1.94. The molecule has 1 aliphatic heterocycles. The Morgan fingerprint density at radius 1 is 1.12 bits per heavy atom. The lowest BCUT2D eigenvalue weighted by Gasteiger charge is -2.34. The molecule has 2 aromatic rings. The lowest BCUT2D eigenvalue weighted by Crippen LogP contribution is -2.50. The van der Waals surface area contributed by atoms with Crippen molar-refractivity contribution < 1.29 is 4.79 Å². The summed E-state index contributed by atoms with van der Waals surface area (Å²) in [6, 6.07) is 12.0. The fourth-order valence-electron chi connectivity index (χ4n) is 3.17. The van der Waals surface area contributed by atoms with Crippen LogP contribution in [-0.2, 0) is 24.2 Å². The third-order valence-corrected chi connectivity index (χ3v) is 4.89. The predicted octanol–water partition coefficient (Wildman–Crippen LogP) is 1.19.